The zero-order valence-electron chi connectivity index (χ0n) is 7.48. The molecule has 0 aliphatic rings. The first-order chi connectivity index (χ1) is 5.52. The van der Waals surface area contributed by atoms with E-state index < -0.39 is 6.10 Å². The van der Waals surface area contributed by atoms with Gasteiger partial charge in [-0.2, -0.15) is 5.10 Å². The van der Waals surface area contributed by atoms with Gasteiger partial charge in [0, 0.05) is 20.5 Å². The van der Waals surface area contributed by atoms with Gasteiger partial charge in [-0.25, -0.2) is 9.48 Å². The predicted molar refractivity (Wildman–Crippen MR) is 43.8 cm³/mol. The summed E-state index contributed by atoms with van der Waals surface area (Å²) in [5.41, 5.74) is -0.161. The molecule has 1 N–H and O–H groups in total. The minimum atomic E-state index is -0.467. The van der Waals surface area contributed by atoms with Crippen LogP contribution in [0, 0.1) is 0 Å². The molecule has 5 heteroatoms. The van der Waals surface area contributed by atoms with Crippen LogP contribution in [0.3, 0.4) is 0 Å². The molecule has 12 heavy (non-hydrogen) atoms. The molecule has 1 unspecified atom stereocenters. The monoisotopic (exact) mass is 171 g/mol. The van der Waals surface area contributed by atoms with E-state index in [0.29, 0.717) is 12.2 Å². The van der Waals surface area contributed by atoms with Gasteiger partial charge < -0.3 is 5.11 Å². The topological polar surface area (TPSA) is 60.1 Å². The highest BCUT2D eigenvalue weighted by Crippen LogP contribution is 1.94. The Labute approximate surface area is 70.2 Å². The lowest BCUT2D eigenvalue weighted by Gasteiger charge is -2.00. The van der Waals surface area contributed by atoms with Gasteiger partial charge in [-0.3, -0.25) is 4.57 Å². The summed E-state index contributed by atoms with van der Waals surface area (Å²) < 4.78 is 2.70. The molecular weight excluding hydrogens is 158 g/mol. The van der Waals surface area contributed by atoms with Crippen LogP contribution in [0.1, 0.15) is 12.7 Å². The maximum Gasteiger partial charge on any atom is 0.345 e. The van der Waals surface area contributed by atoms with Gasteiger partial charge in [-0.05, 0) is 6.92 Å². The van der Waals surface area contributed by atoms with Crippen LogP contribution in [0.15, 0.2) is 4.79 Å². The van der Waals surface area contributed by atoms with Crippen molar-refractivity contribution < 1.29 is 5.11 Å². The molecule has 1 aromatic heterocycles. The average Bonchev–Trinajstić information content (AvgIpc) is 2.17. The third kappa shape index (κ3) is 1.55. The van der Waals surface area contributed by atoms with Crippen molar-refractivity contribution in [3.63, 3.8) is 0 Å². The van der Waals surface area contributed by atoms with Gasteiger partial charge in [0.1, 0.15) is 5.82 Å². The van der Waals surface area contributed by atoms with Crippen LogP contribution in [0.25, 0.3) is 0 Å². The quantitative estimate of drug-likeness (QED) is 0.623. The van der Waals surface area contributed by atoms with E-state index in [2.05, 4.69) is 5.10 Å². The Morgan fingerprint density at radius 2 is 2.17 bits per heavy atom. The fourth-order valence-corrected chi connectivity index (χ4v) is 1.05. The molecule has 5 nitrogen and oxygen atoms in total. The smallest absolute Gasteiger partial charge is 0.345 e. The molecule has 0 saturated heterocycles. The minimum absolute atomic E-state index is 0.161. The number of hydrogen-bond acceptors (Lipinski definition) is 3. The Morgan fingerprint density at radius 1 is 1.58 bits per heavy atom. The van der Waals surface area contributed by atoms with Gasteiger partial charge in [0.25, 0.3) is 0 Å². The molecule has 1 atom stereocenters. The number of rotatable bonds is 2. The van der Waals surface area contributed by atoms with Gasteiger partial charge in [-0.1, -0.05) is 0 Å². The molecule has 1 heterocycles. The van der Waals surface area contributed by atoms with E-state index in [1.54, 1.807) is 21.0 Å². The van der Waals surface area contributed by atoms with Crippen molar-refractivity contribution in [2.45, 2.75) is 19.4 Å². The molecule has 0 fully saturated rings. The van der Waals surface area contributed by atoms with Crippen LogP contribution in [0.5, 0.6) is 0 Å². The predicted octanol–water partition coefficient (Wildman–Crippen LogP) is -0.958. The van der Waals surface area contributed by atoms with Crippen molar-refractivity contribution in [2.75, 3.05) is 0 Å². The van der Waals surface area contributed by atoms with E-state index in [1.807, 2.05) is 0 Å². The fourth-order valence-electron chi connectivity index (χ4n) is 1.05. The molecule has 0 aliphatic carbocycles. The first-order valence-corrected chi connectivity index (χ1v) is 3.79. The van der Waals surface area contributed by atoms with E-state index in [1.165, 1.54) is 9.25 Å². The lowest BCUT2D eigenvalue weighted by Crippen LogP contribution is -2.21. The highest BCUT2D eigenvalue weighted by atomic mass is 16.3. The van der Waals surface area contributed by atoms with Gasteiger partial charge in [0.05, 0.1) is 6.10 Å². The van der Waals surface area contributed by atoms with Crippen LogP contribution in [-0.2, 0) is 20.5 Å². The zero-order chi connectivity index (χ0) is 9.30. The third-order valence-corrected chi connectivity index (χ3v) is 1.69. The van der Waals surface area contributed by atoms with Gasteiger partial charge in [0.2, 0.25) is 0 Å². The Balaban J connectivity index is 3.02. The van der Waals surface area contributed by atoms with Crippen LogP contribution in [0.2, 0.25) is 0 Å². The standard InChI is InChI=1S/C7H13N3O2/c1-5(11)4-6-8-10(3)7(12)9(6)2/h5,11H,4H2,1-3H3. The van der Waals surface area contributed by atoms with Gasteiger partial charge >= 0.3 is 5.69 Å². The zero-order valence-corrected chi connectivity index (χ0v) is 7.48. The molecular formula is C7H13N3O2. The summed E-state index contributed by atoms with van der Waals surface area (Å²) in [5, 5.41) is 13.0. The Morgan fingerprint density at radius 3 is 2.50 bits per heavy atom. The summed E-state index contributed by atoms with van der Waals surface area (Å²) in [7, 11) is 3.24. The number of hydrogen-bond donors (Lipinski definition) is 1. The first kappa shape index (κ1) is 8.99. The highest BCUT2D eigenvalue weighted by molar-refractivity contribution is 4.87. The lowest BCUT2D eigenvalue weighted by molar-refractivity contribution is 0.191. The summed E-state index contributed by atoms with van der Waals surface area (Å²) in [4.78, 5) is 11.2. The van der Waals surface area contributed by atoms with Crippen molar-refractivity contribution in [3.05, 3.63) is 16.3 Å². The molecule has 0 spiro atoms. The van der Waals surface area contributed by atoms with E-state index in [4.69, 9.17) is 5.11 Å². The van der Waals surface area contributed by atoms with Crippen LogP contribution in [0.4, 0.5) is 0 Å². The molecule has 0 aromatic carbocycles. The Bertz CT molecular complexity index is 324. The number of nitrogens with zero attached hydrogens (tertiary/aromatic N) is 3. The van der Waals surface area contributed by atoms with Crippen LogP contribution < -0.4 is 5.69 Å². The second kappa shape index (κ2) is 3.10. The van der Waals surface area contributed by atoms with Crippen LogP contribution >= 0.6 is 0 Å². The molecule has 0 radical (unpaired) electrons. The van der Waals surface area contributed by atoms with Crippen molar-refractivity contribution in [3.8, 4) is 0 Å². The largest absolute Gasteiger partial charge is 0.393 e. The molecule has 0 saturated carbocycles. The molecule has 0 amide bonds. The third-order valence-electron chi connectivity index (χ3n) is 1.69. The second-order valence-corrected chi connectivity index (χ2v) is 2.93. The van der Waals surface area contributed by atoms with E-state index in [9.17, 15) is 4.79 Å². The number of aliphatic hydroxyl groups is 1. The first-order valence-electron chi connectivity index (χ1n) is 3.79. The minimum Gasteiger partial charge on any atom is -0.393 e. The number of aryl methyl sites for hydroxylation is 1. The summed E-state index contributed by atoms with van der Waals surface area (Å²) in [6.45, 7) is 1.67. The maximum absolute atomic E-state index is 11.2. The van der Waals surface area contributed by atoms with E-state index >= 15 is 0 Å². The van der Waals surface area contributed by atoms with Crippen molar-refractivity contribution >= 4 is 0 Å². The Hall–Kier alpha value is -1.10. The van der Waals surface area contributed by atoms with Crippen molar-refractivity contribution in [1.82, 2.24) is 14.3 Å². The molecule has 0 aliphatic heterocycles. The van der Waals surface area contributed by atoms with Gasteiger partial charge in [-0.15, -0.1) is 0 Å². The van der Waals surface area contributed by atoms with Crippen LogP contribution in [-0.4, -0.2) is 25.6 Å². The summed E-state index contributed by atoms with van der Waals surface area (Å²) >= 11 is 0. The Kier molecular flexibility index (Phi) is 2.32. The van der Waals surface area contributed by atoms with Crippen molar-refractivity contribution in [1.29, 1.82) is 0 Å². The second-order valence-electron chi connectivity index (χ2n) is 2.93. The average molecular weight is 171 g/mol. The number of aromatic nitrogens is 3. The van der Waals surface area contributed by atoms with Crippen molar-refractivity contribution in [2.24, 2.45) is 14.1 Å². The van der Waals surface area contributed by atoms with Gasteiger partial charge in [0.15, 0.2) is 0 Å². The number of aliphatic hydroxyl groups excluding tert-OH is 1. The summed E-state index contributed by atoms with van der Waals surface area (Å²) in [6, 6.07) is 0. The summed E-state index contributed by atoms with van der Waals surface area (Å²) in [6.07, 6.45) is -0.0578. The molecule has 0 bridgehead atoms. The van der Waals surface area contributed by atoms with E-state index in [0.717, 1.165) is 0 Å². The fraction of sp³-hybridized carbons (Fsp3) is 0.714. The molecule has 68 valence electrons. The molecule has 1 aromatic rings. The molecule has 1 rings (SSSR count). The summed E-state index contributed by atoms with van der Waals surface area (Å²) in [5.74, 6) is 0.609. The SMILES string of the molecule is CC(O)Cc1nn(C)c(=O)n1C. The highest BCUT2D eigenvalue weighted by Gasteiger charge is 2.08. The normalized spacial score (nSPS) is 13.3. The maximum atomic E-state index is 11.2. The van der Waals surface area contributed by atoms with E-state index in [-0.39, 0.29) is 5.69 Å². The lowest BCUT2D eigenvalue weighted by atomic mass is 10.3.